The van der Waals surface area contributed by atoms with Crippen LogP contribution < -0.4 is 0 Å². The first-order valence-corrected chi connectivity index (χ1v) is 8.56. The van der Waals surface area contributed by atoms with E-state index in [2.05, 4.69) is 0 Å². The second-order valence-corrected chi connectivity index (χ2v) is 7.35. The maximum atomic E-state index is 12.7. The monoisotopic (exact) mass is 360 g/mol. The summed E-state index contributed by atoms with van der Waals surface area (Å²) < 4.78 is 9.63. The van der Waals surface area contributed by atoms with E-state index in [4.69, 9.17) is 9.47 Å². The van der Waals surface area contributed by atoms with E-state index in [1.54, 1.807) is 31.2 Å². The third-order valence-corrected chi connectivity index (χ3v) is 4.19. The van der Waals surface area contributed by atoms with Crippen molar-refractivity contribution in [1.29, 1.82) is 0 Å². The highest BCUT2D eigenvalue weighted by atomic mass is 16.5. The predicted molar refractivity (Wildman–Crippen MR) is 99.5 cm³/mol. The van der Waals surface area contributed by atoms with Gasteiger partial charge in [0.1, 0.15) is 0 Å². The molecule has 1 rings (SSSR count). The number of methoxy groups -OCH3 is 2. The molecular weight excluding hydrogens is 332 g/mol. The number of esters is 2. The molecule has 0 radical (unpaired) electrons. The molecule has 1 aromatic rings. The van der Waals surface area contributed by atoms with E-state index in [-0.39, 0.29) is 11.2 Å². The van der Waals surface area contributed by atoms with E-state index in [1.807, 2.05) is 32.9 Å². The van der Waals surface area contributed by atoms with Crippen LogP contribution in [0, 0.1) is 17.3 Å². The molecule has 2 unspecified atom stereocenters. The average molecular weight is 360 g/mol. The molecule has 142 valence electrons. The molecule has 0 aromatic heterocycles. The highest BCUT2D eigenvalue weighted by Crippen LogP contribution is 2.35. The fraction of sp³-hybridized carbons (Fsp3) is 0.476. The van der Waals surface area contributed by atoms with Crippen molar-refractivity contribution in [2.45, 2.75) is 33.6 Å². The van der Waals surface area contributed by atoms with Gasteiger partial charge < -0.3 is 9.47 Å². The maximum Gasteiger partial charge on any atom is 0.320 e. The van der Waals surface area contributed by atoms with E-state index in [1.165, 1.54) is 20.3 Å². The third-order valence-electron chi connectivity index (χ3n) is 4.19. The summed E-state index contributed by atoms with van der Waals surface area (Å²) in [5, 5.41) is 0. The Balaban J connectivity index is 3.36. The molecule has 5 nitrogen and oxygen atoms in total. The second kappa shape index (κ2) is 9.32. The highest BCUT2D eigenvalue weighted by Gasteiger charge is 2.42. The molecule has 0 N–H and O–H groups in total. The largest absolute Gasteiger partial charge is 0.468 e. The minimum atomic E-state index is -1.21. The molecular formula is C21H28O5. The lowest BCUT2D eigenvalue weighted by Crippen LogP contribution is -2.37. The number of ether oxygens (including phenoxy) is 2. The first kappa shape index (κ1) is 21.6. The van der Waals surface area contributed by atoms with Crippen molar-refractivity contribution in [2.24, 2.45) is 17.3 Å². The zero-order valence-corrected chi connectivity index (χ0v) is 16.3. The summed E-state index contributed by atoms with van der Waals surface area (Å²) in [6.07, 6.45) is 3.34. The van der Waals surface area contributed by atoms with Gasteiger partial charge in [-0.25, -0.2) is 0 Å². The fourth-order valence-corrected chi connectivity index (χ4v) is 2.75. The van der Waals surface area contributed by atoms with Gasteiger partial charge in [0.25, 0.3) is 0 Å². The number of hydrogen-bond donors (Lipinski definition) is 0. The van der Waals surface area contributed by atoms with Gasteiger partial charge in [-0.15, -0.1) is 0 Å². The van der Waals surface area contributed by atoms with Crippen LogP contribution in [-0.2, 0) is 23.9 Å². The molecule has 1 aromatic carbocycles. The number of carbonyl (C=O) groups excluding carboxylic acids is 3. The molecule has 0 aliphatic heterocycles. The molecule has 2 atom stereocenters. The number of benzene rings is 1. The Bertz CT molecular complexity index is 639. The molecule has 5 heteroatoms. The summed E-state index contributed by atoms with van der Waals surface area (Å²) in [7, 11) is 2.43. The molecule has 0 fully saturated rings. The minimum Gasteiger partial charge on any atom is -0.468 e. The number of rotatable bonds is 7. The van der Waals surface area contributed by atoms with E-state index < -0.39 is 29.7 Å². The zero-order valence-electron chi connectivity index (χ0n) is 16.3. The van der Waals surface area contributed by atoms with Crippen molar-refractivity contribution < 1.29 is 23.9 Å². The van der Waals surface area contributed by atoms with Crippen LogP contribution >= 0.6 is 0 Å². The highest BCUT2D eigenvalue weighted by molar-refractivity contribution is 5.98. The van der Waals surface area contributed by atoms with Crippen LogP contribution in [-0.4, -0.2) is 31.9 Å². The summed E-state index contributed by atoms with van der Waals surface area (Å²) in [5.41, 5.74) is 0.556. The van der Waals surface area contributed by atoms with Gasteiger partial charge in [0.15, 0.2) is 11.7 Å². The topological polar surface area (TPSA) is 69.7 Å². The van der Waals surface area contributed by atoms with E-state index in [0.717, 1.165) is 0 Å². The van der Waals surface area contributed by atoms with Gasteiger partial charge in [-0.2, -0.15) is 0 Å². The Morgan fingerprint density at radius 2 is 1.46 bits per heavy atom. The van der Waals surface area contributed by atoms with Crippen molar-refractivity contribution >= 4 is 17.7 Å². The third kappa shape index (κ3) is 5.83. The predicted octanol–water partition coefficient (Wildman–Crippen LogP) is 3.54. The van der Waals surface area contributed by atoms with Crippen molar-refractivity contribution in [3.05, 3.63) is 48.0 Å². The Morgan fingerprint density at radius 3 is 1.88 bits per heavy atom. The summed E-state index contributed by atoms with van der Waals surface area (Å²) in [6, 6.07) is 9.02. The molecule has 0 saturated carbocycles. The van der Waals surface area contributed by atoms with Crippen molar-refractivity contribution in [3.8, 4) is 0 Å². The molecule has 0 aliphatic rings. The van der Waals surface area contributed by atoms with Gasteiger partial charge in [0, 0.05) is 11.8 Å². The van der Waals surface area contributed by atoms with Crippen molar-refractivity contribution in [3.63, 3.8) is 0 Å². The molecule has 0 saturated heterocycles. The van der Waals surface area contributed by atoms with Gasteiger partial charge in [-0.3, -0.25) is 14.4 Å². The Labute approximate surface area is 155 Å². The number of ketones is 1. The number of hydrogen-bond acceptors (Lipinski definition) is 5. The van der Waals surface area contributed by atoms with Crippen molar-refractivity contribution in [2.75, 3.05) is 14.2 Å². The molecule has 26 heavy (non-hydrogen) atoms. The van der Waals surface area contributed by atoms with E-state index >= 15 is 0 Å². The Kier molecular flexibility index (Phi) is 7.75. The van der Waals surface area contributed by atoms with Crippen LogP contribution in [0.25, 0.3) is 0 Å². The lowest BCUT2D eigenvalue weighted by atomic mass is 9.75. The number of carbonyl (C=O) groups is 3. The standard InChI is InChI=1S/C21H28O5/c1-14(16(22)12-13-21(2,3)4)17(15-10-8-7-9-11-15)18(19(23)25-5)20(24)26-6/h7-14,17-18H,1-6H3/b13-12+. The van der Waals surface area contributed by atoms with Gasteiger partial charge in [0.05, 0.1) is 14.2 Å². The van der Waals surface area contributed by atoms with Gasteiger partial charge in [0.2, 0.25) is 0 Å². The summed E-state index contributed by atoms with van der Waals surface area (Å²) >= 11 is 0. The summed E-state index contributed by atoms with van der Waals surface area (Å²) in [4.78, 5) is 37.4. The minimum absolute atomic E-state index is 0.151. The van der Waals surface area contributed by atoms with Gasteiger partial charge >= 0.3 is 11.9 Å². The fourth-order valence-electron chi connectivity index (χ4n) is 2.75. The second-order valence-electron chi connectivity index (χ2n) is 7.35. The van der Waals surface area contributed by atoms with Crippen molar-refractivity contribution in [1.82, 2.24) is 0 Å². The van der Waals surface area contributed by atoms with Crippen LogP contribution in [0.15, 0.2) is 42.5 Å². The maximum absolute atomic E-state index is 12.7. The normalized spacial score (nSPS) is 14.1. The molecule has 0 spiro atoms. The average Bonchev–Trinajstić information content (AvgIpc) is 2.62. The number of allylic oxidation sites excluding steroid dienone is 2. The summed E-state index contributed by atoms with van der Waals surface area (Å²) in [6.45, 7) is 7.68. The zero-order chi connectivity index (χ0) is 19.9. The smallest absolute Gasteiger partial charge is 0.320 e. The molecule has 0 amide bonds. The van der Waals surface area contributed by atoms with E-state index in [0.29, 0.717) is 5.56 Å². The van der Waals surface area contributed by atoms with Crippen LogP contribution in [0.2, 0.25) is 0 Å². The SMILES string of the molecule is COC(=O)C(C(=O)OC)C(c1ccccc1)C(C)C(=O)/C=C/C(C)(C)C. The Hall–Kier alpha value is -2.43. The molecule has 0 heterocycles. The van der Waals surface area contributed by atoms with E-state index in [9.17, 15) is 14.4 Å². The first-order valence-electron chi connectivity index (χ1n) is 8.56. The molecule has 0 aliphatic carbocycles. The quantitative estimate of drug-likeness (QED) is 0.423. The van der Waals surface area contributed by atoms with Gasteiger partial charge in [-0.05, 0) is 17.1 Å². The lowest BCUT2D eigenvalue weighted by molar-refractivity contribution is -0.160. The van der Waals surface area contributed by atoms with Crippen LogP contribution in [0.4, 0.5) is 0 Å². The Morgan fingerprint density at radius 1 is 0.962 bits per heavy atom. The van der Waals surface area contributed by atoms with Gasteiger partial charge in [-0.1, -0.05) is 64.1 Å². The lowest BCUT2D eigenvalue weighted by Gasteiger charge is -2.28. The summed E-state index contributed by atoms with van der Waals surface area (Å²) in [5.74, 6) is -4.11. The van der Waals surface area contributed by atoms with Crippen LogP contribution in [0.5, 0.6) is 0 Å². The first-order chi connectivity index (χ1) is 12.1. The van der Waals surface area contributed by atoms with Crippen LogP contribution in [0.3, 0.4) is 0 Å². The van der Waals surface area contributed by atoms with Crippen LogP contribution in [0.1, 0.15) is 39.2 Å². The molecule has 0 bridgehead atoms.